The van der Waals surface area contributed by atoms with Crippen LogP contribution in [-0.2, 0) is 6.61 Å². The zero-order chi connectivity index (χ0) is 19.4. The van der Waals surface area contributed by atoms with Crippen molar-refractivity contribution in [3.63, 3.8) is 0 Å². The van der Waals surface area contributed by atoms with Gasteiger partial charge in [-0.25, -0.2) is 0 Å². The van der Waals surface area contributed by atoms with Crippen LogP contribution in [0.4, 0.5) is 5.69 Å². The van der Waals surface area contributed by atoms with Crippen LogP contribution in [0.3, 0.4) is 0 Å². The van der Waals surface area contributed by atoms with Crippen molar-refractivity contribution in [1.29, 1.82) is 0 Å². The van der Waals surface area contributed by atoms with Crippen molar-refractivity contribution in [1.82, 2.24) is 0 Å². The lowest BCUT2D eigenvalue weighted by Gasteiger charge is -2.12. The fourth-order valence-corrected chi connectivity index (χ4v) is 4.23. The monoisotopic (exact) mass is 525 g/mol. The summed E-state index contributed by atoms with van der Waals surface area (Å²) in [5.41, 5.74) is 3.76. The van der Waals surface area contributed by atoms with Crippen molar-refractivity contribution >= 4 is 67.0 Å². The van der Waals surface area contributed by atoms with Gasteiger partial charge in [-0.3, -0.25) is 4.99 Å². The second-order valence-corrected chi connectivity index (χ2v) is 8.44. The first-order valence-corrected chi connectivity index (χ1v) is 10.4. The third kappa shape index (κ3) is 5.35. The Balaban J connectivity index is 1.79. The minimum Gasteiger partial charge on any atom is -0.486 e. The first-order valence-electron chi connectivity index (χ1n) is 8.09. The third-order valence-corrected chi connectivity index (χ3v) is 5.66. The quantitative estimate of drug-likeness (QED) is 0.307. The molecule has 0 heterocycles. The van der Waals surface area contributed by atoms with Crippen molar-refractivity contribution in [2.45, 2.75) is 13.5 Å². The molecular formula is C21H15Br2Cl2NO. The number of benzene rings is 3. The van der Waals surface area contributed by atoms with Gasteiger partial charge in [0.15, 0.2) is 0 Å². The van der Waals surface area contributed by atoms with Crippen molar-refractivity contribution in [3.05, 3.63) is 90.3 Å². The minimum absolute atomic E-state index is 0.381. The summed E-state index contributed by atoms with van der Waals surface area (Å²) in [4.78, 5) is 4.54. The minimum atomic E-state index is 0.381. The Morgan fingerprint density at radius 3 is 2.41 bits per heavy atom. The molecule has 2 nitrogen and oxygen atoms in total. The van der Waals surface area contributed by atoms with Crippen LogP contribution < -0.4 is 4.74 Å². The summed E-state index contributed by atoms with van der Waals surface area (Å²) in [5, 5.41) is 1.35. The predicted molar refractivity (Wildman–Crippen MR) is 121 cm³/mol. The molecule has 3 aromatic carbocycles. The lowest BCUT2D eigenvalue weighted by Crippen LogP contribution is -1.98. The summed E-state index contributed by atoms with van der Waals surface area (Å²) < 4.78 is 7.60. The van der Waals surface area contributed by atoms with Crippen LogP contribution in [-0.4, -0.2) is 6.21 Å². The number of aliphatic imine (C=N–C) groups is 1. The largest absolute Gasteiger partial charge is 0.486 e. The van der Waals surface area contributed by atoms with Gasteiger partial charge in [-0.05, 0) is 80.2 Å². The van der Waals surface area contributed by atoms with E-state index in [1.54, 1.807) is 6.21 Å². The van der Waals surface area contributed by atoms with E-state index in [-0.39, 0.29) is 0 Å². The summed E-state index contributed by atoms with van der Waals surface area (Å²) in [6.45, 7) is 2.38. The number of halogens is 4. The molecule has 0 aliphatic carbocycles. The van der Waals surface area contributed by atoms with Crippen LogP contribution >= 0.6 is 55.1 Å². The Morgan fingerprint density at radius 2 is 1.70 bits per heavy atom. The fraction of sp³-hybridized carbons (Fsp3) is 0.0952. The molecule has 6 heteroatoms. The van der Waals surface area contributed by atoms with Crippen LogP contribution in [0.5, 0.6) is 5.75 Å². The highest BCUT2D eigenvalue weighted by Crippen LogP contribution is 2.35. The number of nitrogens with zero attached hydrogens (tertiary/aromatic N) is 1. The van der Waals surface area contributed by atoms with Crippen LogP contribution in [0.25, 0.3) is 0 Å². The maximum absolute atomic E-state index is 6.19. The zero-order valence-electron chi connectivity index (χ0n) is 14.3. The Morgan fingerprint density at radius 1 is 1.00 bits per heavy atom. The highest BCUT2D eigenvalue weighted by Gasteiger charge is 2.10. The van der Waals surface area contributed by atoms with Gasteiger partial charge in [0.1, 0.15) is 12.4 Å². The van der Waals surface area contributed by atoms with Gasteiger partial charge in [-0.15, -0.1) is 0 Å². The van der Waals surface area contributed by atoms with Crippen LogP contribution in [0.1, 0.15) is 16.7 Å². The average molecular weight is 528 g/mol. The average Bonchev–Trinajstić information content (AvgIpc) is 2.63. The van der Waals surface area contributed by atoms with Gasteiger partial charge in [-0.1, -0.05) is 47.5 Å². The van der Waals surface area contributed by atoms with Crippen LogP contribution in [0.15, 0.2) is 68.5 Å². The lowest BCUT2D eigenvalue weighted by molar-refractivity contribution is 0.302. The number of ether oxygens (including phenoxy) is 1. The molecule has 0 fully saturated rings. The Kier molecular flexibility index (Phi) is 6.99. The molecular weight excluding hydrogens is 513 g/mol. The SMILES string of the molecule is Cc1ccc(Cl)cc1N=Cc1cc(Br)c(OCc2ccccc2Cl)c(Br)c1. The normalized spacial score (nSPS) is 11.1. The molecule has 3 rings (SSSR count). The molecule has 0 amide bonds. The maximum atomic E-state index is 6.19. The molecule has 0 N–H and O–H groups in total. The molecule has 0 saturated carbocycles. The van der Waals surface area contributed by atoms with Gasteiger partial charge in [-0.2, -0.15) is 0 Å². The van der Waals surface area contributed by atoms with E-state index >= 15 is 0 Å². The molecule has 27 heavy (non-hydrogen) atoms. The second kappa shape index (κ2) is 9.24. The fourth-order valence-electron chi connectivity index (χ4n) is 2.42. The smallest absolute Gasteiger partial charge is 0.148 e. The van der Waals surface area contributed by atoms with E-state index in [1.165, 1.54) is 0 Å². The molecule has 0 saturated heterocycles. The van der Waals surface area contributed by atoms with Crippen LogP contribution in [0, 0.1) is 6.92 Å². The molecule has 0 bridgehead atoms. The van der Waals surface area contributed by atoms with Gasteiger partial charge in [0.25, 0.3) is 0 Å². The van der Waals surface area contributed by atoms with E-state index in [9.17, 15) is 0 Å². The number of rotatable bonds is 5. The van der Waals surface area contributed by atoms with Crippen molar-refractivity contribution in [2.75, 3.05) is 0 Å². The molecule has 3 aromatic rings. The van der Waals surface area contributed by atoms with E-state index in [4.69, 9.17) is 27.9 Å². The number of hydrogen-bond acceptors (Lipinski definition) is 2. The number of aryl methyl sites for hydroxylation is 1. The Bertz CT molecular complexity index is 982. The number of hydrogen-bond donors (Lipinski definition) is 0. The standard InChI is InChI=1S/C21H15Br2Cl2NO/c1-13-6-7-16(24)10-20(13)26-11-14-8-17(22)21(18(23)9-14)27-12-15-4-2-3-5-19(15)25/h2-11H,12H2,1H3. The summed E-state index contributed by atoms with van der Waals surface area (Å²) in [7, 11) is 0. The molecule has 0 aliphatic heterocycles. The van der Waals surface area contributed by atoms with E-state index in [2.05, 4.69) is 36.9 Å². The predicted octanol–water partition coefficient (Wildman–Crippen LogP) is 8.16. The topological polar surface area (TPSA) is 21.6 Å². The Hall–Kier alpha value is -1.33. The lowest BCUT2D eigenvalue weighted by atomic mass is 10.2. The summed E-state index contributed by atoms with van der Waals surface area (Å²) >= 11 is 19.4. The summed E-state index contributed by atoms with van der Waals surface area (Å²) in [5.74, 6) is 0.714. The van der Waals surface area contributed by atoms with Gasteiger partial charge in [0.05, 0.1) is 14.6 Å². The molecule has 0 unspecified atom stereocenters. The highest BCUT2D eigenvalue weighted by molar-refractivity contribution is 9.11. The summed E-state index contributed by atoms with van der Waals surface area (Å²) in [6.07, 6.45) is 1.80. The van der Waals surface area contributed by atoms with Crippen molar-refractivity contribution < 1.29 is 4.74 Å². The molecule has 0 spiro atoms. The maximum Gasteiger partial charge on any atom is 0.148 e. The molecule has 138 valence electrons. The van der Waals surface area contributed by atoms with Gasteiger partial charge < -0.3 is 4.74 Å². The Labute approximate surface area is 185 Å². The van der Waals surface area contributed by atoms with Crippen molar-refractivity contribution in [2.24, 2.45) is 4.99 Å². The molecule has 0 atom stereocenters. The van der Waals surface area contributed by atoms with Gasteiger partial charge in [0, 0.05) is 21.8 Å². The summed E-state index contributed by atoms with van der Waals surface area (Å²) in [6, 6.07) is 17.2. The second-order valence-electron chi connectivity index (χ2n) is 5.88. The van der Waals surface area contributed by atoms with E-state index in [1.807, 2.05) is 61.5 Å². The highest BCUT2D eigenvalue weighted by atomic mass is 79.9. The van der Waals surface area contributed by atoms with Gasteiger partial charge >= 0.3 is 0 Å². The van der Waals surface area contributed by atoms with Crippen LogP contribution in [0.2, 0.25) is 10.0 Å². The third-order valence-electron chi connectivity index (χ3n) is 3.87. The first-order chi connectivity index (χ1) is 12.9. The van der Waals surface area contributed by atoms with Crippen molar-refractivity contribution in [3.8, 4) is 5.75 Å². The van der Waals surface area contributed by atoms with Gasteiger partial charge in [0.2, 0.25) is 0 Å². The molecule has 0 radical (unpaired) electrons. The zero-order valence-corrected chi connectivity index (χ0v) is 19.0. The molecule has 0 aliphatic rings. The molecule has 0 aromatic heterocycles. The van der Waals surface area contributed by atoms with E-state index in [0.717, 1.165) is 31.3 Å². The van der Waals surface area contributed by atoms with E-state index < -0.39 is 0 Å². The first kappa shape index (κ1) is 20.4. The van der Waals surface area contributed by atoms with E-state index in [0.29, 0.717) is 22.4 Å².